The molecule has 0 saturated carbocycles. The van der Waals surface area contributed by atoms with E-state index in [4.69, 9.17) is 14.2 Å². The largest absolute Gasteiger partial charge is 0.495 e. The van der Waals surface area contributed by atoms with E-state index in [2.05, 4.69) is 21.9 Å². The van der Waals surface area contributed by atoms with Crippen molar-refractivity contribution in [1.82, 2.24) is 14.9 Å². The normalized spacial score (nSPS) is 16.2. The minimum absolute atomic E-state index is 0.0928. The fourth-order valence-corrected chi connectivity index (χ4v) is 5.65. The predicted octanol–water partition coefficient (Wildman–Crippen LogP) is 6.21. The molecule has 0 atom stereocenters. The first-order valence-electron chi connectivity index (χ1n) is 14.5. The van der Waals surface area contributed by atoms with Gasteiger partial charge in [-0.15, -0.1) is 0 Å². The van der Waals surface area contributed by atoms with Crippen molar-refractivity contribution in [2.24, 2.45) is 0 Å². The number of hydrogen-bond donors (Lipinski definition) is 1. The van der Waals surface area contributed by atoms with Crippen molar-refractivity contribution < 1.29 is 32.2 Å². The molecular weight excluding hydrogens is 587 g/mol. The number of rotatable bonds is 9. The number of aromatic nitrogens is 2. The van der Waals surface area contributed by atoms with Crippen LogP contribution in [0.2, 0.25) is 0 Å². The molecule has 4 aromatic rings. The van der Waals surface area contributed by atoms with Gasteiger partial charge < -0.3 is 29.3 Å². The Kier molecular flexibility index (Phi) is 8.13. The number of hydrogen-bond acceptors (Lipinski definition) is 8. The topological polar surface area (TPSA) is 89.1 Å². The third-order valence-corrected chi connectivity index (χ3v) is 8.06. The van der Waals surface area contributed by atoms with Crippen molar-refractivity contribution >= 4 is 34.0 Å². The Balaban J connectivity index is 1.29. The monoisotopic (exact) mass is 619 g/mol. The summed E-state index contributed by atoms with van der Waals surface area (Å²) in [7, 11) is 3.10. The summed E-state index contributed by atoms with van der Waals surface area (Å²) in [6.07, 6.45) is 3.95. The zero-order valence-electron chi connectivity index (χ0n) is 24.9. The number of carbonyl (C=O) groups is 1. The Morgan fingerprint density at radius 3 is 2.38 bits per heavy atom. The molecule has 1 N–H and O–H groups in total. The number of likely N-dealkylation sites (tertiary alicyclic amines) is 1. The highest BCUT2D eigenvalue weighted by atomic mass is 19.3. The highest BCUT2D eigenvalue weighted by Gasteiger charge is 2.44. The zero-order chi connectivity index (χ0) is 31.7. The van der Waals surface area contributed by atoms with Crippen LogP contribution in [0.15, 0.2) is 67.5 Å². The number of amides is 1. The summed E-state index contributed by atoms with van der Waals surface area (Å²) in [6.45, 7) is 3.66. The SMILES string of the molecule is C=CC(=O)N1CCC(Oc2cc3c(Nc4cc(-c5ccc(F)c(N6CC(F)(F)C6)c5)ccc4OC)ncnc3cc2OC)CC1. The molecule has 234 valence electrons. The van der Waals surface area contributed by atoms with Crippen LogP contribution in [0.1, 0.15) is 12.8 Å². The maximum Gasteiger partial charge on any atom is 0.282 e. The molecule has 0 radical (unpaired) electrons. The van der Waals surface area contributed by atoms with Gasteiger partial charge in [0.15, 0.2) is 11.5 Å². The lowest BCUT2D eigenvalue weighted by molar-refractivity contribution is -0.127. The number of methoxy groups -OCH3 is 2. The molecule has 3 aromatic carbocycles. The van der Waals surface area contributed by atoms with Crippen LogP contribution < -0.4 is 24.4 Å². The smallest absolute Gasteiger partial charge is 0.282 e. The van der Waals surface area contributed by atoms with Crippen molar-refractivity contribution in [3.63, 3.8) is 0 Å². The molecule has 2 saturated heterocycles. The van der Waals surface area contributed by atoms with Gasteiger partial charge in [-0.25, -0.2) is 23.1 Å². The second-order valence-electron chi connectivity index (χ2n) is 11.0. The molecule has 9 nitrogen and oxygen atoms in total. The van der Waals surface area contributed by atoms with Gasteiger partial charge in [-0.1, -0.05) is 18.7 Å². The third-order valence-electron chi connectivity index (χ3n) is 8.06. The minimum atomic E-state index is -2.82. The lowest BCUT2D eigenvalue weighted by atomic mass is 10.0. The van der Waals surface area contributed by atoms with Crippen LogP contribution in [0.5, 0.6) is 17.2 Å². The molecule has 2 fully saturated rings. The second-order valence-corrected chi connectivity index (χ2v) is 11.0. The van der Waals surface area contributed by atoms with Gasteiger partial charge in [0.05, 0.1) is 44.2 Å². The van der Waals surface area contributed by atoms with Crippen molar-refractivity contribution in [2.45, 2.75) is 24.9 Å². The second kappa shape index (κ2) is 12.2. The third kappa shape index (κ3) is 6.17. The number of alkyl halides is 2. The molecule has 0 spiro atoms. The van der Waals surface area contributed by atoms with E-state index in [0.29, 0.717) is 71.2 Å². The summed E-state index contributed by atoms with van der Waals surface area (Å²) in [4.78, 5) is 24.0. The van der Waals surface area contributed by atoms with E-state index in [9.17, 15) is 18.0 Å². The molecule has 2 aliphatic rings. The fraction of sp³-hybridized carbons (Fsp3) is 0.303. The summed E-state index contributed by atoms with van der Waals surface area (Å²) >= 11 is 0. The number of nitrogens with one attached hydrogen (secondary N) is 1. The Morgan fingerprint density at radius 1 is 0.978 bits per heavy atom. The van der Waals surface area contributed by atoms with Gasteiger partial charge in [0.2, 0.25) is 5.91 Å². The van der Waals surface area contributed by atoms with E-state index >= 15 is 0 Å². The number of fused-ring (bicyclic) bond motifs is 1. The fourth-order valence-electron chi connectivity index (χ4n) is 5.65. The number of anilines is 3. The maximum atomic E-state index is 14.6. The summed E-state index contributed by atoms with van der Waals surface area (Å²) in [5, 5.41) is 4.01. The molecule has 0 unspecified atom stereocenters. The van der Waals surface area contributed by atoms with Crippen molar-refractivity contribution in [3.05, 3.63) is 73.3 Å². The first-order chi connectivity index (χ1) is 21.7. The van der Waals surface area contributed by atoms with E-state index in [0.717, 1.165) is 5.56 Å². The molecule has 1 amide bonds. The standard InChI is InChI=1S/C33H32F3N5O4/c1-4-31(42)40-11-9-22(10-12-40)45-30-15-23-25(16-29(30)44-3)37-19-38-32(23)39-26-13-20(6-8-28(26)43-2)21-5-7-24(34)27(14-21)41-17-33(35,36)18-41/h4-8,13-16,19,22H,1,9-12,17-18H2,2-3H3,(H,37,38,39). The number of halogens is 3. The van der Waals surface area contributed by atoms with Crippen LogP contribution >= 0.6 is 0 Å². The highest BCUT2D eigenvalue weighted by Crippen LogP contribution is 2.40. The maximum absolute atomic E-state index is 14.6. The van der Waals surface area contributed by atoms with Crippen LogP contribution in [-0.2, 0) is 4.79 Å². The van der Waals surface area contributed by atoms with Crippen LogP contribution in [-0.4, -0.2) is 73.2 Å². The van der Waals surface area contributed by atoms with E-state index in [1.54, 1.807) is 43.4 Å². The quantitative estimate of drug-likeness (QED) is 0.222. The Labute approximate surface area is 258 Å². The van der Waals surface area contributed by atoms with Gasteiger partial charge in [0.25, 0.3) is 5.92 Å². The van der Waals surface area contributed by atoms with Crippen LogP contribution in [0.4, 0.5) is 30.4 Å². The summed E-state index contributed by atoms with van der Waals surface area (Å²) < 4.78 is 59.1. The lowest BCUT2D eigenvalue weighted by Crippen LogP contribution is -2.56. The minimum Gasteiger partial charge on any atom is -0.495 e. The number of piperidine rings is 1. The van der Waals surface area contributed by atoms with Crippen molar-refractivity contribution in [1.29, 1.82) is 0 Å². The van der Waals surface area contributed by atoms with Gasteiger partial charge in [-0.2, -0.15) is 0 Å². The zero-order valence-corrected chi connectivity index (χ0v) is 24.9. The Bertz CT molecular complexity index is 1750. The average molecular weight is 620 g/mol. The van der Waals surface area contributed by atoms with E-state index in [-0.39, 0.29) is 17.7 Å². The van der Waals surface area contributed by atoms with Crippen LogP contribution in [0.25, 0.3) is 22.0 Å². The van der Waals surface area contributed by atoms with Gasteiger partial charge in [-0.05, 0) is 47.5 Å². The molecule has 12 heteroatoms. The lowest BCUT2D eigenvalue weighted by Gasteiger charge is -2.40. The molecule has 3 heterocycles. The van der Waals surface area contributed by atoms with Gasteiger partial charge in [0, 0.05) is 37.4 Å². The first kappa shape index (κ1) is 30.0. The Morgan fingerprint density at radius 2 is 1.69 bits per heavy atom. The summed E-state index contributed by atoms with van der Waals surface area (Å²) in [5.41, 5.74) is 2.70. The number of carbonyl (C=O) groups excluding carboxylic acids is 1. The summed E-state index contributed by atoms with van der Waals surface area (Å²) in [5.74, 6) is -1.42. The van der Waals surface area contributed by atoms with Crippen molar-refractivity contribution in [3.8, 4) is 28.4 Å². The summed E-state index contributed by atoms with van der Waals surface area (Å²) in [6, 6.07) is 13.5. The number of ether oxygens (including phenoxy) is 3. The highest BCUT2D eigenvalue weighted by molar-refractivity contribution is 5.94. The molecule has 2 aliphatic heterocycles. The van der Waals surface area contributed by atoms with Gasteiger partial charge in [-0.3, -0.25) is 4.79 Å². The number of nitrogens with zero attached hydrogens (tertiary/aromatic N) is 4. The van der Waals surface area contributed by atoms with Crippen LogP contribution in [0, 0.1) is 5.82 Å². The van der Waals surface area contributed by atoms with E-state index in [1.807, 2.05) is 18.2 Å². The van der Waals surface area contributed by atoms with Crippen molar-refractivity contribution in [2.75, 3.05) is 50.6 Å². The molecular formula is C33H32F3N5O4. The van der Waals surface area contributed by atoms with E-state index in [1.165, 1.54) is 23.4 Å². The average Bonchev–Trinajstić information content (AvgIpc) is 3.03. The molecule has 45 heavy (non-hydrogen) atoms. The molecule has 0 bridgehead atoms. The van der Waals surface area contributed by atoms with Gasteiger partial charge in [0.1, 0.15) is 29.8 Å². The number of benzene rings is 3. The van der Waals surface area contributed by atoms with Crippen LogP contribution in [0.3, 0.4) is 0 Å². The van der Waals surface area contributed by atoms with Gasteiger partial charge >= 0.3 is 0 Å². The predicted molar refractivity (Wildman–Crippen MR) is 165 cm³/mol. The molecule has 6 rings (SSSR count). The van der Waals surface area contributed by atoms with E-state index < -0.39 is 24.8 Å². The Hall–Kier alpha value is -5.00. The first-order valence-corrected chi connectivity index (χ1v) is 14.5. The molecule has 1 aromatic heterocycles. The molecule has 0 aliphatic carbocycles.